The number of ether oxygens (including phenoxy) is 1. The van der Waals surface area contributed by atoms with Crippen LogP contribution in [0.25, 0.3) is 22.2 Å². The fourth-order valence-electron chi connectivity index (χ4n) is 3.63. The van der Waals surface area contributed by atoms with E-state index in [1.165, 1.54) is 0 Å². The minimum atomic E-state index is -0.142. The van der Waals surface area contributed by atoms with Crippen molar-refractivity contribution in [2.45, 2.75) is 26.0 Å². The SMILES string of the molecule is CCn1cc(-c2cc(N3CC[C@@H](OC)C3)n(C)n2)c2[nH]nc(N)c2c1=O. The number of nitrogens with one attached hydrogen (secondary N) is 1. The number of fused-ring (bicyclic) bond motifs is 1. The largest absolute Gasteiger partial charge is 0.382 e. The van der Waals surface area contributed by atoms with E-state index in [1.807, 2.05) is 30.9 Å². The number of nitrogens with zero attached hydrogens (tertiary/aromatic N) is 5. The molecule has 1 aliphatic rings. The quantitative estimate of drug-likeness (QED) is 0.720. The Balaban J connectivity index is 1.83. The van der Waals surface area contributed by atoms with Gasteiger partial charge in [0.25, 0.3) is 5.56 Å². The lowest BCUT2D eigenvalue weighted by molar-refractivity contribution is 0.121. The molecule has 0 spiro atoms. The molecule has 9 nitrogen and oxygen atoms in total. The zero-order valence-electron chi connectivity index (χ0n) is 15.2. The Kier molecular flexibility index (Phi) is 3.95. The fraction of sp³-hybridized carbons (Fsp3) is 0.471. The van der Waals surface area contributed by atoms with Crippen molar-refractivity contribution in [3.8, 4) is 11.3 Å². The molecule has 0 bridgehead atoms. The van der Waals surface area contributed by atoms with Crippen molar-refractivity contribution in [1.82, 2.24) is 24.5 Å². The molecule has 1 fully saturated rings. The highest BCUT2D eigenvalue weighted by Crippen LogP contribution is 2.30. The highest BCUT2D eigenvalue weighted by molar-refractivity contribution is 5.97. The number of aromatic nitrogens is 5. The minimum absolute atomic E-state index is 0.142. The van der Waals surface area contributed by atoms with Gasteiger partial charge in [0.2, 0.25) is 0 Å². The van der Waals surface area contributed by atoms with Gasteiger partial charge in [0, 0.05) is 51.6 Å². The number of methoxy groups -OCH3 is 1. The number of hydrogen-bond donors (Lipinski definition) is 2. The molecule has 4 rings (SSSR count). The lowest BCUT2D eigenvalue weighted by Gasteiger charge is -2.17. The Bertz CT molecular complexity index is 1020. The highest BCUT2D eigenvalue weighted by Gasteiger charge is 2.26. The number of hydrogen-bond acceptors (Lipinski definition) is 6. The summed E-state index contributed by atoms with van der Waals surface area (Å²) < 4.78 is 8.96. The molecule has 3 aromatic rings. The van der Waals surface area contributed by atoms with Crippen LogP contribution in [0.4, 0.5) is 11.6 Å². The average Bonchev–Trinajstić information content (AvgIpc) is 3.34. The van der Waals surface area contributed by atoms with Gasteiger partial charge in [0.15, 0.2) is 5.82 Å². The van der Waals surface area contributed by atoms with Crippen molar-refractivity contribution in [3.63, 3.8) is 0 Å². The van der Waals surface area contributed by atoms with E-state index in [0.29, 0.717) is 17.4 Å². The van der Waals surface area contributed by atoms with Crippen LogP contribution in [0.1, 0.15) is 13.3 Å². The van der Waals surface area contributed by atoms with Crippen molar-refractivity contribution >= 4 is 22.5 Å². The standard InChI is InChI=1S/C17H23N7O2/c1-4-23-9-11(15-14(17(23)25)16(18)20-19-15)12-7-13(22(2)21-12)24-6-5-10(8-24)26-3/h7,9-10H,4-6,8H2,1-3H3,(H3,18,19,20)/t10-/m1/s1. The molecule has 0 amide bonds. The van der Waals surface area contributed by atoms with Crippen molar-refractivity contribution in [3.05, 3.63) is 22.6 Å². The molecule has 0 aliphatic carbocycles. The van der Waals surface area contributed by atoms with Crippen LogP contribution in [0.5, 0.6) is 0 Å². The molecule has 3 N–H and O–H groups in total. The third kappa shape index (κ3) is 2.47. The number of rotatable bonds is 4. The number of aryl methyl sites for hydroxylation is 2. The number of nitrogens with two attached hydrogens (primary N) is 1. The van der Waals surface area contributed by atoms with Crippen LogP contribution in [0.2, 0.25) is 0 Å². The Morgan fingerprint density at radius 3 is 2.96 bits per heavy atom. The fourth-order valence-corrected chi connectivity index (χ4v) is 3.63. The summed E-state index contributed by atoms with van der Waals surface area (Å²) in [6, 6.07) is 2.04. The third-order valence-corrected chi connectivity index (χ3v) is 5.10. The summed E-state index contributed by atoms with van der Waals surface area (Å²) in [7, 11) is 3.67. The van der Waals surface area contributed by atoms with E-state index >= 15 is 0 Å². The molecule has 1 atom stereocenters. The Hall–Kier alpha value is -2.81. The molecular formula is C17H23N7O2. The van der Waals surface area contributed by atoms with Crippen LogP contribution >= 0.6 is 0 Å². The van der Waals surface area contributed by atoms with Crippen LogP contribution in [0.3, 0.4) is 0 Å². The molecular weight excluding hydrogens is 334 g/mol. The summed E-state index contributed by atoms with van der Waals surface area (Å²) in [5, 5.41) is 12.0. The van der Waals surface area contributed by atoms with Crippen molar-refractivity contribution < 1.29 is 4.74 Å². The number of aromatic amines is 1. The molecule has 0 unspecified atom stereocenters. The van der Waals surface area contributed by atoms with Gasteiger partial charge in [-0.2, -0.15) is 10.2 Å². The van der Waals surface area contributed by atoms with E-state index in [1.54, 1.807) is 11.7 Å². The van der Waals surface area contributed by atoms with Gasteiger partial charge in [-0.25, -0.2) is 0 Å². The van der Waals surface area contributed by atoms with Crippen molar-refractivity contribution in [2.75, 3.05) is 30.8 Å². The first-order chi connectivity index (χ1) is 12.5. The Morgan fingerprint density at radius 1 is 1.46 bits per heavy atom. The average molecular weight is 357 g/mol. The second kappa shape index (κ2) is 6.17. The normalized spacial score (nSPS) is 17.5. The summed E-state index contributed by atoms with van der Waals surface area (Å²) in [5.74, 6) is 1.24. The monoisotopic (exact) mass is 357 g/mol. The van der Waals surface area contributed by atoms with E-state index in [0.717, 1.165) is 36.6 Å². The number of pyridine rings is 1. The molecule has 1 aliphatic heterocycles. The van der Waals surface area contributed by atoms with Gasteiger partial charge in [-0.15, -0.1) is 0 Å². The molecule has 26 heavy (non-hydrogen) atoms. The van der Waals surface area contributed by atoms with E-state index in [-0.39, 0.29) is 17.5 Å². The number of H-pyrrole nitrogens is 1. The predicted octanol–water partition coefficient (Wildman–Crippen LogP) is 0.952. The van der Waals surface area contributed by atoms with Gasteiger partial charge >= 0.3 is 0 Å². The van der Waals surface area contributed by atoms with E-state index in [4.69, 9.17) is 10.5 Å². The van der Waals surface area contributed by atoms with Crippen LogP contribution in [-0.2, 0) is 18.3 Å². The summed E-state index contributed by atoms with van der Waals surface area (Å²) >= 11 is 0. The van der Waals surface area contributed by atoms with Gasteiger partial charge in [-0.05, 0) is 13.3 Å². The van der Waals surface area contributed by atoms with Crippen molar-refractivity contribution in [2.24, 2.45) is 7.05 Å². The summed E-state index contributed by atoms with van der Waals surface area (Å²) in [6.07, 6.45) is 3.06. The topological polar surface area (TPSA) is 107 Å². The van der Waals surface area contributed by atoms with Crippen molar-refractivity contribution in [1.29, 1.82) is 0 Å². The maximum atomic E-state index is 12.6. The smallest absolute Gasteiger partial charge is 0.263 e. The zero-order valence-corrected chi connectivity index (χ0v) is 15.2. The van der Waals surface area contributed by atoms with Gasteiger partial charge in [0.1, 0.15) is 11.2 Å². The van der Waals surface area contributed by atoms with Gasteiger partial charge in [-0.3, -0.25) is 14.6 Å². The summed E-state index contributed by atoms with van der Waals surface area (Å²) in [5.41, 5.74) is 7.98. The summed E-state index contributed by atoms with van der Waals surface area (Å²) in [6.45, 7) is 4.24. The Labute approximate surface area is 150 Å². The first-order valence-electron chi connectivity index (χ1n) is 8.72. The summed E-state index contributed by atoms with van der Waals surface area (Å²) in [4.78, 5) is 14.8. The van der Waals surface area contributed by atoms with E-state index in [2.05, 4.69) is 20.2 Å². The third-order valence-electron chi connectivity index (χ3n) is 5.10. The predicted molar refractivity (Wildman–Crippen MR) is 100 cm³/mol. The molecule has 0 aromatic carbocycles. The second-order valence-electron chi connectivity index (χ2n) is 6.60. The molecule has 1 saturated heterocycles. The lowest BCUT2D eigenvalue weighted by Crippen LogP contribution is -2.24. The van der Waals surface area contributed by atoms with Crippen LogP contribution in [0, 0.1) is 0 Å². The van der Waals surface area contributed by atoms with Gasteiger partial charge in [-0.1, -0.05) is 0 Å². The minimum Gasteiger partial charge on any atom is -0.382 e. The van der Waals surface area contributed by atoms with Crippen LogP contribution in [-0.4, -0.2) is 50.8 Å². The molecule has 0 saturated carbocycles. The maximum Gasteiger partial charge on any atom is 0.263 e. The van der Waals surface area contributed by atoms with Crippen LogP contribution < -0.4 is 16.2 Å². The van der Waals surface area contributed by atoms with E-state index < -0.39 is 0 Å². The number of anilines is 2. The molecule has 4 heterocycles. The van der Waals surface area contributed by atoms with Gasteiger partial charge < -0.3 is 19.9 Å². The van der Waals surface area contributed by atoms with E-state index in [9.17, 15) is 4.79 Å². The second-order valence-corrected chi connectivity index (χ2v) is 6.60. The maximum absolute atomic E-state index is 12.6. The molecule has 0 radical (unpaired) electrons. The molecule has 138 valence electrons. The lowest BCUT2D eigenvalue weighted by atomic mass is 10.1. The number of nitrogen functional groups attached to an aromatic ring is 1. The van der Waals surface area contributed by atoms with Gasteiger partial charge in [0.05, 0.1) is 17.3 Å². The first-order valence-corrected chi connectivity index (χ1v) is 8.72. The molecule has 3 aromatic heterocycles. The Morgan fingerprint density at radius 2 is 2.27 bits per heavy atom. The molecule has 9 heteroatoms. The highest BCUT2D eigenvalue weighted by atomic mass is 16.5. The zero-order chi connectivity index (χ0) is 18.4. The first kappa shape index (κ1) is 16.6. The van der Waals surface area contributed by atoms with Crippen LogP contribution in [0.15, 0.2) is 17.1 Å².